The maximum Gasteiger partial charge on any atom is 0.333 e. The summed E-state index contributed by atoms with van der Waals surface area (Å²) in [6, 6.07) is -0.989. The molecule has 3 unspecified atom stereocenters. The first kappa shape index (κ1) is 25.9. The van der Waals surface area contributed by atoms with E-state index in [1.165, 1.54) is 6.92 Å². The van der Waals surface area contributed by atoms with E-state index in [-0.39, 0.29) is 31.0 Å². The van der Waals surface area contributed by atoms with Gasteiger partial charge in [0.2, 0.25) is 11.9 Å². The summed E-state index contributed by atoms with van der Waals surface area (Å²) in [5.41, 5.74) is 9.07. The maximum atomic E-state index is 12.4. The number of carbonyl (C=O) groups excluding carboxylic acids is 2. The summed E-state index contributed by atoms with van der Waals surface area (Å²) >= 11 is 0. The van der Waals surface area contributed by atoms with Crippen LogP contribution in [0, 0.1) is 0 Å². The number of aliphatic imine (C=N–C) groups is 1. The molecule has 0 radical (unpaired) electrons. The Kier molecular flexibility index (Phi) is 12.1. The van der Waals surface area contributed by atoms with Gasteiger partial charge in [-0.3, -0.25) is 9.63 Å². The summed E-state index contributed by atoms with van der Waals surface area (Å²) in [4.78, 5) is 34.1. The first-order valence-corrected chi connectivity index (χ1v) is 10.9. The molecule has 1 rings (SSSR count). The van der Waals surface area contributed by atoms with Crippen molar-refractivity contribution in [2.75, 3.05) is 13.2 Å². The van der Waals surface area contributed by atoms with Crippen molar-refractivity contribution in [3.63, 3.8) is 0 Å². The van der Waals surface area contributed by atoms with Crippen LogP contribution < -0.4 is 16.5 Å². The number of rotatable bonds is 12. The molecule has 0 spiro atoms. The molecule has 0 fully saturated rings. The third kappa shape index (κ3) is 8.71. The predicted octanol–water partition coefficient (Wildman–Crippen LogP) is 1.96. The minimum absolute atomic E-state index is 0.0125. The molecule has 9 heteroatoms. The fourth-order valence-electron chi connectivity index (χ4n) is 3.23. The lowest BCUT2D eigenvalue weighted by atomic mass is 9.88. The van der Waals surface area contributed by atoms with E-state index in [1.807, 2.05) is 13.8 Å². The average molecular weight is 427 g/mol. The van der Waals surface area contributed by atoms with Gasteiger partial charge in [-0.15, -0.1) is 0 Å². The SMILES string of the molecule is CCCCONC(N)=NC1CC(C(=O)OCC)=CC(OC(CC)CC)C1NC(C)=O. The first-order chi connectivity index (χ1) is 14.4. The molecule has 0 aromatic heterocycles. The van der Waals surface area contributed by atoms with E-state index in [0.29, 0.717) is 12.2 Å². The molecule has 0 bridgehead atoms. The topological polar surface area (TPSA) is 124 Å². The number of hydrogen-bond acceptors (Lipinski definition) is 6. The monoisotopic (exact) mass is 426 g/mol. The van der Waals surface area contributed by atoms with Crippen molar-refractivity contribution >= 4 is 17.8 Å². The molecule has 0 aliphatic heterocycles. The van der Waals surface area contributed by atoms with Crippen LogP contribution in [0.5, 0.6) is 0 Å². The molecule has 0 saturated carbocycles. The van der Waals surface area contributed by atoms with E-state index in [4.69, 9.17) is 20.0 Å². The van der Waals surface area contributed by atoms with Gasteiger partial charge in [0.1, 0.15) is 0 Å². The number of carbonyl (C=O) groups is 2. The third-order valence-electron chi connectivity index (χ3n) is 4.81. The molecule has 0 aromatic rings. The van der Waals surface area contributed by atoms with E-state index in [0.717, 1.165) is 25.7 Å². The third-order valence-corrected chi connectivity index (χ3v) is 4.81. The van der Waals surface area contributed by atoms with Crippen LogP contribution in [-0.4, -0.2) is 55.3 Å². The van der Waals surface area contributed by atoms with Crippen LogP contribution in [0.4, 0.5) is 0 Å². The van der Waals surface area contributed by atoms with Gasteiger partial charge < -0.3 is 20.5 Å². The Hall–Kier alpha value is -2.13. The second-order valence-electron chi connectivity index (χ2n) is 7.27. The van der Waals surface area contributed by atoms with Gasteiger partial charge in [0.05, 0.1) is 37.5 Å². The number of esters is 1. The molecule has 1 amide bonds. The highest BCUT2D eigenvalue weighted by atomic mass is 16.6. The predicted molar refractivity (Wildman–Crippen MR) is 116 cm³/mol. The van der Waals surface area contributed by atoms with Crippen LogP contribution in [0.25, 0.3) is 0 Å². The Labute approximate surface area is 179 Å². The number of nitrogens with one attached hydrogen (secondary N) is 2. The standard InChI is InChI=1S/C21H38N4O5/c1-6-10-11-29-25-21(22)24-17-12-15(20(27)28-9-4)13-18(19(17)23-14(5)26)30-16(7-2)8-3/h13,16-19H,6-12H2,1-5H3,(H,23,26)(H3,22,24,25). The van der Waals surface area contributed by atoms with Crippen LogP contribution in [0.3, 0.4) is 0 Å². The zero-order chi connectivity index (χ0) is 22.5. The van der Waals surface area contributed by atoms with Gasteiger partial charge in [0, 0.05) is 18.9 Å². The Balaban J connectivity index is 3.15. The van der Waals surface area contributed by atoms with E-state index in [9.17, 15) is 9.59 Å². The van der Waals surface area contributed by atoms with E-state index >= 15 is 0 Å². The van der Waals surface area contributed by atoms with Gasteiger partial charge in [-0.2, -0.15) is 0 Å². The molecule has 3 atom stereocenters. The Bertz CT molecular complexity index is 604. The first-order valence-electron chi connectivity index (χ1n) is 10.9. The lowest BCUT2D eigenvalue weighted by Crippen LogP contribution is -2.54. The summed E-state index contributed by atoms with van der Waals surface area (Å²) in [6.45, 7) is 10.1. The lowest BCUT2D eigenvalue weighted by molar-refractivity contribution is -0.139. The summed E-state index contributed by atoms with van der Waals surface area (Å²) in [5, 5.41) is 2.92. The van der Waals surface area contributed by atoms with Crippen molar-refractivity contribution in [1.82, 2.24) is 10.8 Å². The zero-order valence-electron chi connectivity index (χ0n) is 18.9. The molecule has 9 nitrogen and oxygen atoms in total. The molecule has 0 heterocycles. The maximum absolute atomic E-state index is 12.4. The second-order valence-corrected chi connectivity index (χ2v) is 7.27. The van der Waals surface area contributed by atoms with Gasteiger partial charge in [0.25, 0.3) is 0 Å². The quantitative estimate of drug-likeness (QED) is 0.143. The number of nitrogens with two attached hydrogens (primary N) is 1. The highest BCUT2D eigenvalue weighted by molar-refractivity contribution is 5.89. The Morgan fingerprint density at radius 2 is 1.97 bits per heavy atom. The minimum Gasteiger partial charge on any atom is -0.463 e. The average Bonchev–Trinajstić information content (AvgIpc) is 2.71. The fraction of sp³-hybridized carbons (Fsp3) is 0.762. The summed E-state index contributed by atoms with van der Waals surface area (Å²) in [5.74, 6) is -0.544. The second kappa shape index (κ2) is 14.0. The molecule has 1 aliphatic carbocycles. The summed E-state index contributed by atoms with van der Waals surface area (Å²) < 4.78 is 11.4. The van der Waals surface area contributed by atoms with E-state index in [2.05, 4.69) is 22.7 Å². The largest absolute Gasteiger partial charge is 0.463 e. The van der Waals surface area contributed by atoms with Crippen molar-refractivity contribution in [2.45, 2.75) is 91.0 Å². The fourth-order valence-corrected chi connectivity index (χ4v) is 3.23. The Morgan fingerprint density at radius 1 is 1.27 bits per heavy atom. The molecule has 0 saturated heterocycles. The number of guanidine groups is 1. The lowest BCUT2D eigenvalue weighted by Gasteiger charge is -2.36. The van der Waals surface area contributed by atoms with E-state index < -0.39 is 24.2 Å². The number of ether oxygens (including phenoxy) is 2. The minimum atomic E-state index is -0.533. The van der Waals surface area contributed by atoms with Crippen LogP contribution in [-0.2, 0) is 23.9 Å². The van der Waals surface area contributed by atoms with Crippen molar-refractivity contribution in [1.29, 1.82) is 0 Å². The van der Waals surface area contributed by atoms with Crippen molar-refractivity contribution in [3.8, 4) is 0 Å². The number of unbranched alkanes of at least 4 members (excludes halogenated alkanes) is 1. The molecule has 172 valence electrons. The normalized spacial score (nSPS) is 21.9. The molecule has 30 heavy (non-hydrogen) atoms. The van der Waals surface area contributed by atoms with Crippen LogP contribution in [0.1, 0.15) is 66.7 Å². The number of hydrogen-bond donors (Lipinski definition) is 3. The highest BCUT2D eigenvalue weighted by Gasteiger charge is 2.38. The van der Waals surface area contributed by atoms with Crippen LogP contribution >= 0.6 is 0 Å². The van der Waals surface area contributed by atoms with Gasteiger partial charge in [-0.25, -0.2) is 15.3 Å². The zero-order valence-corrected chi connectivity index (χ0v) is 18.9. The van der Waals surface area contributed by atoms with Crippen molar-refractivity contribution in [2.24, 2.45) is 10.7 Å². The number of amides is 1. The van der Waals surface area contributed by atoms with Crippen LogP contribution in [0.15, 0.2) is 16.6 Å². The van der Waals surface area contributed by atoms with Gasteiger partial charge in [0.15, 0.2) is 0 Å². The molecule has 4 N–H and O–H groups in total. The van der Waals surface area contributed by atoms with Gasteiger partial charge >= 0.3 is 5.97 Å². The molecular weight excluding hydrogens is 388 g/mol. The van der Waals surface area contributed by atoms with Gasteiger partial charge in [-0.1, -0.05) is 27.2 Å². The van der Waals surface area contributed by atoms with Crippen molar-refractivity contribution in [3.05, 3.63) is 11.6 Å². The van der Waals surface area contributed by atoms with Crippen LogP contribution in [0.2, 0.25) is 0 Å². The summed E-state index contributed by atoms with van der Waals surface area (Å²) in [7, 11) is 0. The number of nitrogens with zero attached hydrogens (tertiary/aromatic N) is 1. The highest BCUT2D eigenvalue weighted by Crippen LogP contribution is 2.27. The number of hydroxylamine groups is 1. The molecule has 0 aromatic carbocycles. The smallest absolute Gasteiger partial charge is 0.333 e. The Morgan fingerprint density at radius 3 is 2.53 bits per heavy atom. The van der Waals surface area contributed by atoms with Gasteiger partial charge in [-0.05, 0) is 32.3 Å². The molecule has 1 aliphatic rings. The summed E-state index contributed by atoms with van der Waals surface area (Å²) in [6.07, 6.45) is 4.97. The van der Waals surface area contributed by atoms with Crippen molar-refractivity contribution < 1.29 is 23.9 Å². The molecular formula is C21H38N4O5. The van der Waals surface area contributed by atoms with E-state index in [1.54, 1.807) is 13.0 Å².